The normalized spacial score (nSPS) is 10.7. The van der Waals surface area contributed by atoms with E-state index in [9.17, 15) is 0 Å². The highest BCUT2D eigenvalue weighted by Crippen LogP contribution is 2.22. The number of aromatic amines is 1. The van der Waals surface area contributed by atoms with Gasteiger partial charge in [0.05, 0.1) is 13.3 Å². The minimum Gasteiger partial charge on any atom is -0.481 e. The quantitative estimate of drug-likeness (QED) is 0.728. The molecule has 0 aliphatic heterocycles. The second kappa shape index (κ2) is 5.00. The summed E-state index contributed by atoms with van der Waals surface area (Å²) in [5.74, 6) is 1.85. The van der Waals surface area contributed by atoms with Crippen LogP contribution in [0.5, 0.6) is 5.88 Å². The van der Waals surface area contributed by atoms with Gasteiger partial charge in [0.2, 0.25) is 5.88 Å². The van der Waals surface area contributed by atoms with E-state index in [1.54, 1.807) is 25.6 Å². The van der Waals surface area contributed by atoms with E-state index in [0.717, 1.165) is 5.56 Å². The van der Waals surface area contributed by atoms with Crippen molar-refractivity contribution in [2.24, 2.45) is 0 Å². The van der Waals surface area contributed by atoms with Crippen molar-refractivity contribution in [3.63, 3.8) is 0 Å². The Morgan fingerprint density at radius 3 is 2.90 bits per heavy atom. The molecule has 0 saturated carbocycles. The number of pyridine rings is 1. The van der Waals surface area contributed by atoms with Gasteiger partial charge in [0.1, 0.15) is 11.4 Å². The smallest absolute Gasteiger partial charge is 0.263 e. The van der Waals surface area contributed by atoms with Crippen molar-refractivity contribution >= 4 is 5.82 Å². The third-order valence-corrected chi connectivity index (χ3v) is 2.74. The van der Waals surface area contributed by atoms with E-state index in [0.29, 0.717) is 35.4 Å². The average molecular weight is 272 g/mol. The van der Waals surface area contributed by atoms with Gasteiger partial charge < -0.3 is 15.0 Å². The van der Waals surface area contributed by atoms with Crippen LogP contribution < -0.4 is 10.5 Å². The molecule has 0 spiro atoms. The molecule has 3 heterocycles. The molecule has 0 aliphatic carbocycles. The number of methoxy groups -OCH3 is 1. The fourth-order valence-corrected chi connectivity index (χ4v) is 1.72. The summed E-state index contributed by atoms with van der Waals surface area (Å²) in [7, 11) is 1.57. The van der Waals surface area contributed by atoms with Gasteiger partial charge >= 0.3 is 0 Å². The van der Waals surface area contributed by atoms with Crippen molar-refractivity contribution in [3.8, 4) is 17.3 Å². The number of nitrogens with zero attached hydrogens (tertiary/aromatic N) is 4. The Labute approximate surface area is 114 Å². The van der Waals surface area contributed by atoms with E-state index in [1.165, 1.54) is 0 Å². The monoisotopic (exact) mass is 272 g/mol. The Hall–Kier alpha value is -2.90. The predicted octanol–water partition coefficient (Wildman–Crippen LogP) is 1.04. The summed E-state index contributed by atoms with van der Waals surface area (Å²) in [6, 6.07) is 3.68. The minimum atomic E-state index is 0.340. The zero-order valence-electron chi connectivity index (χ0n) is 10.7. The average Bonchev–Trinajstić information content (AvgIpc) is 3.08. The van der Waals surface area contributed by atoms with Gasteiger partial charge in [-0.15, -0.1) is 0 Å². The van der Waals surface area contributed by atoms with E-state index in [2.05, 4.69) is 25.3 Å². The van der Waals surface area contributed by atoms with E-state index in [1.807, 2.05) is 6.07 Å². The molecule has 0 bridgehead atoms. The molecule has 0 aliphatic rings. The fraction of sp³-hybridized carbons (Fsp3) is 0.167. The molecule has 102 valence electrons. The summed E-state index contributed by atoms with van der Waals surface area (Å²) in [6.45, 7) is 0. The van der Waals surface area contributed by atoms with Gasteiger partial charge in [0, 0.05) is 18.7 Å². The molecule has 0 aromatic carbocycles. The Morgan fingerprint density at radius 1 is 1.35 bits per heavy atom. The lowest BCUT2D eigenvalue weighted by atomic mass is 10.2. The van der Waals surface area contributed by atoms with Crippen LogP contribution in [0.25, 0.3) is 11.5 Å². The SMILES string of the molecule is COc1ccc(Cc2noc(-c3cn[nH]c3N)n2)cn1. The highest BCUT2D eigenvalue weighted by atomic mass is 16.5. The van der Waals surface area contributed by atoms with Crippen molar-refractivity contribution in [1.82, 2.24) is 25.3 Å². The number of nitrogens with two attached hydrogens (primary N) is 1. The lowest BCUT2D eigenvalue weighted by Crippen LogP contribution is -1.93. The van der Waals surface area contributed by atoms with Crippen LogP contribution in [0.2, 0.25) is 0 Å². The van der Waals surface area contributed by atoms with Crippen LogP contribution in [0, 0.1) is 0 Å². The van der Waals surface area contributed by atoms with Crippen LogP contribution in [0.3, 0.4) is 0 Å². The number of hydrogen-bond acceptors (Lipinski definition) is 7. The molecule has 3 aromatic heterocycles. The number of ether oxygens (including phenoxy) is 1. The molecular weight excluding hydrogens is 260 g/mol. The van der Waals surface area contributed by atoms with Gasteiger partial charge in [-0.2, -0.15) is 10.1 Å². The Balaban J connectivity index is 1.78. The second-order valence-corrected chi connectivity index (χ2v) is 4.10. The Kier molecular flexibility index (Phi) is 3.04. The molecular formula is C12H12N6O2. The second-order valence-electron chi connectivity index (χ2n) is 4.10. The van der Waals surface area contributed by atoms with Gasteiger partial charge in [-0.1, -0.05) is 11.2 Å². The van der Waals surface area contributed by atoms with Crippen LogP contribution in [-0.4, -0.2) is 32.4 Å². The first-order valence-electron chi connectivity index (χ1n) is 5.87. The number of nitrogens with one attached hydrogen (secondary N) is 1. The molecule has 0 amide bonds. The number of H-pyrrole nitrogens is 1. The molecule has 8 heteroatoms. The van der Waals surface area contributed by atoms with Crippen molar-refractivity contribution in [1.29, 1.82) is 0 Å². The lowest BCUT2D eigenvalue weighted by molar-refractivity contribution is 0.397. The zero-order chi connectivity index (χ0) is 13.9. The fourth-order valence-electron chi connectivity index (χ4n) is 1.72. The van der Waals surface area contributed by atoms with E-state index >= 15 is 0 Å². The summed E-state index contributed by atoms with van der Waals surface area (Å²) < 4.78 is 10.2. The molecule has 0 unspecified atom stereocenters. The summed E-state index contributed by atoms with van der Waals surface area (Å²) in [4.78, 5) is 8.40. The lowest BCUT2D eigenvalue weighted by Gasteiger charge is -1.99. The summed E-state index contributed by atoms with van der Waals surface area (Å²) in [6.07, 6.45) is 3.76. The minimum absolute atomic E-state index is 0.340. The van der Waals surface area contributed by atoms with Crippen LogP contribution >= 0.6 is 0 Å². The first-order valence-corrected chi connectivity index (χ1v) is 5.87. The third kappa shape index (κ3) is 2.30. The topological polar surface area (TPSA) is 116 Å². The molecule has 0 saturated heterocycles. The number of rotatable bonds is 4. The summed E-state index contributed by atoms with van der Waals surface area (Å²) in [5.41, 5.74) is 7.25. The van der Waals surface area contributed by atoms with Gasteiger partial charge in [0.15, 0.2) is 5.82 Å². The molecule has 3 N–H and O–H groups in total. The maximum absolute atomic E-state index is 5.70. The Bertz CT molecular complexity index is 703. The highest BCUT2D eigenvalue weighted by Gasteiger charge is 2.13. The van der Waals surface area contributed by atoms with Crippen molar-refractivity contribution in [3.05, 3.63) is 35.9 Å². The van der Waals surface area contributed by atoms with Crippen LogP contribution in [0.4, 0.5) is 5.82 Å². The highest BCUT2D eigenvalue weighted by molar-refractivity contribution is 5.65. The maximum Gasteiger partial charge on any atom is 0.263 e. The predicted molar refractivity (Wildman–Crippen MR) is 69.9 cm³/mol. The molecule has 0 fully saturated rings. The van der Waals surface area contributed by atoms with E-state index in [-0.39, 0.29) is 0 Å². The van der Waals surface area contributed by atoms with Crippen LogP contribution in [0.15, 0.2) is 29.0 Å². The number of nitrogen functional groups attached to an aromatic ring is 1. The third-order valence-electron chi connectivity index (χ3n) is 2.74. The zero-order valence-corrected chi connectivity index (χ0v) is 10.7. The first-order chi connectivity index (χ1) is 9.76. The largest absolute Gasteiger partial charge is 0.481 e. The Morgan fingerprint density at radius 2 is 2.25 bits per heavy atom. The molecule has 3 rings (SSSR count). The van der Waals surface area contributed by atoms with Crippen LogP contribution in [0.1, 0.15) is 11.4 Å². The summed E-state index contributed by atoms with van der Waals surface area (Å²) in [5, 5.41) is 10.3. The van der Waals surface area contributed by atoms with Gasteiger partial charge in [0.25, 0.3) is 5.89 Å². The van der Waals surface area contributed by atoms with Gasteiger partial charge in [-0.3, -0.25) is 5.10 Å². The number of hydrogen-bond donors (Lipinski definition) is 2. The van der Waals surface area contributed by atoms with Gasteiger partial charge in [-0.05, 0) is 5.56 Å². The van der Waals surface area contributed by atoms with Gasteiger partial charge in [-0.25, -0.2) is 4.98 Å². The van der Waals surface area contributed by atoms with Crippen molar-refractivity contribution < 1.29 is 9.26 Å². The summed E-state index contributed by atoms with van der Waals surface area (Å²) >= 11 is 0. The van der Waals surface area contributed by atoms with Crippen LogP contribution in [-0.2, 0) is 6.42 Å². The van der Waals surface area contributed by atoms with E-state index < -0.39 is 0 Å². The maximum atomic E-state index is 5.70. The standard InChI is InChI=1S/C12H12N6O2/c1-19-10-3-2-7(5-14-10)4-9-16-12(20-18-9)8-6-15-17-11(8)13/h2-3,5-6H,4H2,1H3,(H3,13,15,17). The van der Waals surface area contributed by atoms with Crippen molar-refractivity contribution in [2.45, 2.75) is 6.42 Å². The first kappa shape index (κ1) is 12.2. The van der Waals surface area contributed by atoms with E-state index in [4.69, 9.17) is 15.0 Å². The molecule has 8 nitrogen and oxygen atoms in total. The number of aromatic nitrogens is 5. The molecule has 20 heavy (non-hydrogen) atoms. The molecule has 3 aromatic rings. The number of anilines is 1. The van der Waals surface area contributed by atoms with Crippen molar-refractivity contribution in [2.75, 3.05) is 12.8 Å². The molecule has 0 atom stereocenters. The molecule has 0 radical (unpaired) electrons.